The second-order valence-electron chi connectivity index (χ2n) is 6.24. The summed E-state index contributed by atoms with van der Waals surface area (Å²) in [6.07, 6.45) is 5.19. The van der Waals surface area contributed by atoms with E-state index in [9.17, 15) is 0 Å². The zero-order valence-corrected chi connectivity index (χ0v) is 12.7. The van der Waals surface area contributed by atoms with Crippen LogP contribution in [-0.4, -0.2) is 32.2 Å². The molecule has 1 saturated heterocycles. The van der Waals surface area contributed by atoms with Crippen LogP contribution in [0.4, 0.5) is 0 Å². The maximum Gasteiger partial charge on any atom is 0.160 e. The Bertz CT molecular complexity index is 312. The van der Waals surface area contributed by atoms with E-state index in [4.69, 9.17) is 19.5 Å². The summed E-state index contributed by atoms with van der Waals surface area (Å²) in [7, 11) is 0. The smallest absolute Gasteiger partial charge is 0.160 e. The van der Waals surface area contributed by atoms with Crippen molar-refractivity contribution in [3.63, 3.8) is 0 Å². The van der Waals surface area contributed by atoms with Crippen LogP contribution >= 0.6 is 0 Å². The Labute approximate surface area is 122 Å². The maximum absolute atomic E-state index is 8.92. The van der Waals surface area contributed by atoms with Gasteiger partial charge in [-0.3, -0.25) is 0 Å². The van der Waals surface area contributed by atoms with E-state index in [-0.39, 0.29) is 18.3 Å². The van der Waals surface area contributed by atoms with Gasteiger partial charge in [0.2, 0.25) is 0 Å². The lowest BCUT2D eigenvalue weighted by atomic mass is 9.82. The zero-order valence-electron chi connectivity index (χ0n) is 12.7. The van der Waals surface area contributed by atoms with E-state index in [1.54, 1.807) is 0 Å². The molecule has 2 aliphatic rings. The first kappa shape index (κ1) is 15.8. The van der Waals surface area contributed by atoms with E-state index in [2.05, 4.69) is 19.9 Å². The number of nitrogens with zero attached hydrogens (tertiary/aromatic N) is 1. The van der Waals surface area contributed by atoms with E-state index in [0.717, 1.165) is 38.7 Å². The number of hydrogen-bond donors (Lipinski definition) is 0. The predicted octanol–water partition coefficient (Wildman–Crippen LogP) is 3.12. The Hall–Kier alpha value is -0.630. The van der Waals surface area contributed by atoms with Crippen LogP contribution in [0.1, 0.15) is 46.0 Å². The summed E-state index contributed by atoms with van der Waals surface area (Å²) in [5.74, 6) is 1.28. The third-order valence-electron chi connectivity index (χ3n) is 4.55. The number of hydrogen-bond acceptors (Lipinski definition) is 4. The van der Waals surface area contributed by atoms with Crippen molar-refractivity contribution in [2.75, 3.05) is 19.8 Å². The van der Waals surface area contributed by atoms with Crippen LogP contribution in [0.3, 0.4) is 0 Å². The Morgan fingerprint density at radius 2 is 1.85 bits per heavy atom. The molecule has 1 aliphatic heterocycles. The average Bonchev–Trinajstić information content (AvgIpc) is 2.53. The maximum atomic E-state index is 8.92. The van der Waals surface area contributed by atoms with Crippen molar-refractivity contribution in [1.29, 1.82) is 5.26 Å². The van der Waals surface area contributed by atoms with Gasteiger partial charge in [-0.2, -0.15) is 5.26 Å². The quantitative estimate of drug-likeness (QED) is 0.777. The normalized spacial score (nSPS) is 36.2. The average molecular weight is 281 g/mol. The van der Waals surface area contributed by atoms with Crippen molar-refractivity contribution in [3.8, 4) is 6.07 Å². The van der Waals surface area contributed by atoms with Crippen LogP contribution in [0.5, 0.6) is 0 Å². The largest absolute Gasteiger partial charge is 0.373 e. The minimum Gasteiger partial charge on any atom is -0.373 e. The highest BCUT2D eigenvalue weighted by Crippen LogP contribution is 2.33. The van der Waals surface area contributed by atoms with Crippen molar-refractivity contribution < 1.29 is 14.2 Å². The summed E-state index contributed by atoms with van der Waals surface area (Å²) in [5, 5.41) is 8.92. The molecule has 1 saturated carbocycles. The monoisotopic (exact) mass is 281 g/mol. The third kappa shape index (κ3) is 4.44. The highest BCUT2D eigenvalue weighted by Gasteiger charge is 2.32. The van der Waals surface area contributed by atoms with Gasteiger partial charge in [0.15, 0.2) is 6.29 Å². The molecule has 0 aromatic heterocycles. The number of rotatable bonds is 5. The number of nitriles is 1. The van der Waals surface area contributed by atoms with Crippen molar-refractivity contribution in [2.45, 2.75) is 58.3 Å². The molecule has 4 nitrogen and oxygen atoms in total. The van der Waals surface area contributed by atoms with E-state index in [1.807, 2.05) is 0 Å². The molecule has 0 N–H and O–H groups in total. The highest BCUT2D eigenvalue weighted by molar-refractivity contribution is 4.88. The predicted molar refractivity (Wildman–Crippen MR) is 75.9 cm³/mol. The van der Waals surface area contributed by atoms with E-state index >= 15 is 0 Å². The van der Waals surface area contributed by atoms with Crippen LogP contribution in [0.25, 0.3) is 0 Å². The summed E-state index contributed by atoms with van der Waals surface area (Å²) < 4.78 is 17.5. The molecule has 2 fully saturated rings. The molecule has 0 radical (unpaired) electrons. The minimum atomic E-state index is -0.0851. The van der Waals surface area contributed by atoms with Gasteiger partial charge in [0.05, 0.1) is 19.3 Å². The lowest BCUT2D eigenvalue weighted by Gasteiger charge is -2.36. The lowest BCUT2D eigenvalue weighted by molar-refractivity contribution is -0.250. The van der Waals surface area contributed by atoms with E-state index < -0.39 is 0 Å². The van der Waals surface area contributed by atoms with Gasteiger partial charge in [-0.25, -0.2) is 0 Å². The molecule has 0 bridgehead atoms. The SMILES string of the molecule is CCC(C)CO[C@H]1CO[C@H]([C@H]2CC[C@H](C#N)CC2)OC1. The van der Waals surface area contributed by atoms with E-state index in [1.165, 1.54) is 0 Å². The molecule has 2 rings (SSSR count). The first-order chi connectivity index (χ1) is 9.72. The van der Waals surface area contributed by atoms with E-state index in [0.29, 0.717) is 25.0 Å². The van der Waals surface area contributed by atoms with Gasteiger partial charge in [0.1, 0.15) is 6.10 Å². The molecule has 1 unspecified atom stereocenters. The van der Waals surface area contributed by atoms with Gasteiger partial charge in [0.25, 0.3) is 0 Å². The second kappa shape index (κ2) is 7.97. The fourth-order valence-electron chi connectivity index (χ4n) is 2.81. The van der Waals surface area contributed by atoms with Crippen molar-refractivity contribution in [3.05, 3.63) is 0 Å². The van der Waals surface area contributed by atoms with Crippen molar-refractivity contribution in [2.24, 2.45) is 17.8 Å². The summed E-state index contributed by atoms with van der Waals surface area (Å²) >= 11 is 0. The van der Waals surface area contributed by atoms with Crippen LogP contribution in [0.2, 0.25) is 0 Å². The molecule has 1 atom stereocenters. The van der Waals surface area contributed by atoms with Crippen LogP contribution < -0.4 is 0 Å². The molecule has 0 spiro atoms. The topological polar surface area (TPSA) is 51.5 Å². The molecule has 1 heterocycles. The molecule has 0 amide bonds. The van der Waals surface area contributed by atoms with Gasteiger partial charge >= 0.3 is 0 Å². The lowest BCUT2D eigenvalue weighted by Crippen LogP contribution is -2.42. The van der Waals surface area contributed by atoms with Gasteiger partial charge in [-0.15, -0.1) is 0 Å². The summed E-state index contributed by atoms with van der Waals surface area (Å²) in [6, 6.07) is 2.37. The number of ether oxygens (including phenoxy) is 3. The Kier molecular flexibility index (Phi) is 6.28. The summed E-state index contributed by atoms with van der Waals surface area (Å²) in [6.45, 7) is 6.43. The van der Waals surface area contributed by atoms with Crippen molar-refractivity contribution in [1.82, 2.24) is 0 Å². The van der Waals surface area contributed by atoms with Crippen LogP contribution in [0.15, 0.2) is 0 Å². The standard InChI is InChI=1S/C16H27NO3/c1-3-12(2)9-18-15-10-19-16(20-11-15)14-6-4-13(8-17)5-7-14/h12-16H,3-7,9-11H2,1-2H3/t12?,13-,14-,15-,16-. The molecule has 0 aromatic carbocycles. The minimum absolute atomic E-state index is 0.0793. The molecular formula is C16H27NO3. The van der Waals surface area contributed by atoms with Crippen molar-refractivity contribution >= 4 is 0 Å². The molecule has 114 valence electrons. The highest BCUT2D eigenvalue weighted by atomic mass is 16.7. The second-order valence-corrected chi connectivity index (χ2v) is 6.24. The summed E-state index contributed by atoms with van der Waals surface area (Å²) in [5.41, 5.74) is 0. The fraction of sp³-hybridized carbons (Fsp3) is 0.938. The van der Waals surface area contributed by atoms with Gasteiger partial charge in [0, 0.05) is 18.4 Å². The van der Waals surface area contributed by atoms with Gasteiger partial charge in [-0.05, 0) is 31.6 Å². The van der Waals surface area contributed by atoms with Gasteiger partial charge in [-0.1, -0.05) is 20.3 Å². The molecule has 20 heavy (non-hydrogen) atoms. The molecule has 4 heteroatoms. The van der Waals surface area contributed by atoms with Crippen LogP contribution in [-0.2, 0) is 14.2 Å². The third-order valence-corrected chi connectivity index (χ3v) is 4.55. The fourth-order valence-corrected chi connectivity index (χ4v) is 2.81. The Morgan fingerprint density at radius 1 is 1.20 bits per heavy atom. The molecule has 0 aromatic rings. The summed E-state index contributed by atoms with van der Waals surface area (Å²) in [4.78, 5) is 0. The van der Waals surface area contributed by atoms with Gasteiger partial charge < -0.3 is 14.2 Å². The zero-order chi connectivity index (χ0) is 14.4. The molecule has 1 aliphatic carbocycles. The van der Waals surface area contributed by atoms with Crippen LogP contribution in [0, 0.1) is 29.1 Å². The first-order valence-corrected chi connectivity index (χ1v) is 7.97. The molecular weight excluding hydrogens is 254 g/mol. The first-order valence-electron chi connectivity index (χ1n) is 7.97. The Morgan fingerprint density at radius 3 is 2.40 bits per heavy atom. The Balaban J connectivity index is 1.66.